The third kappa shape index (κ3) is 6.89. The molecule has 68 valence electrons. The highest BCUT2D eigenvalue weighted by atomic mass is 16.5. The molecule has 0 saturated carbocycles. The number of rotatable bonds is 6. The molecule has 0 aromatic rings. The van der Waals surface area contributed by atoms with Crippen molar-refractivity contribution in [2.75, 3.05) is 13.2 Å². The van der Waals surface area contributed by atoms with E-state index in [2.05, 4.69) is 16.9 Å². The molecule has 0 aliphatic rings. The summed E-state index contributed by atoms with van der Waals surface area (Å²) in [5.41, 5.74) is 7.88. The van der Waals surface area contributed by atoms with E-state index in [1.165, 1.54) is 0 Å². The normalized spacial score (nSPS) is 8.75. The summed E-state index contributed by atoms with van der Waals surface area (Å²) in [6, 6.07) is 0. The summed E-state index contributed by atoms with van der Waals surface area (Å²) in [7, 11) is 0. The Labute approximate surface area is 71.3 Å². The molecular weight excluding hydrogens is 158 g/mol. The fourth-order valence-corrected chi connectivity index (χ4v) is 0.673. The summed E-state index contributed by atoms with van der Waals surface area (Å²) in [6.45, 7) is 2.29. The fourth-order valence-electron chi connectivity index (χ4n) is 0.673. The van der Waals surface area contributed by atoms with Crippen LogP contribution < -0.4 is 0 Å². The third-order valence-electron chi connectivity index (χ3n) is 1.27. The van der Waals surface area contributed by atoms with E-state index >= 15 is 0 Å². The van der Waals surface area contributed by atoms with Crippen LogP contribution in [0.2, 0.25) is 0 Å². The second kappa shape index (κ2) is 7.88. The lowest BCUT2D eigenvalue weighted by atomic mass is 10.3. The van der Waals surface area contributed by atoms with E-state index in [1.54, 1.807) is 0 Å². The van der Waals surface area contributed by atoms with Crippen LogP contribution in [-0.2, 0) is 9.53 Å². The molecule has 0 bridgehead atoms. The summed E-state index contributed by atoms with van der Waals surface area (Å²) < 4.78 is 4.74. The Morgan fingerprint density at radius 2 is 2.33 bits per heavy atom. The molecule has 0 rings (SSSR count). The third-order valence-corrected chi connectivity index (χ3v) is 1.27. The second-order valence-electron chi connectivity index (χ2n) is 2.32. The highest BCUT2D eigenvalue weighted by Gasteiger charge is 1.98. The van der Waals surface area contributed by atoms with Crippen molar-refractivity contribution < 1.29 is 9.53 Å². The zero-order chi connectivity index (χ0) is 9.23. The van der Waals surface area contributed by atoms with Gasteiger partial charge in [-0.05, 0) is 12.0 Å². The number of esters is 1. The number of hydrogen-bond donors (Lipinski definition) is 0. The van der Waals surface area contributed by atoms with Crippen LogP contribution in [-0.4, -0.2) is 19.1 Å². The number of hydrogen-bond acceptors (Lipinski definition) is 3. The minimum absolute atomic E-state index is 0.206. The first kappa shape index (κ1) is 10.8. The summed E-state index contributed by atoms with van der Waals surface area (Å²) in [5, 5.41) is 3.08. The Balaban J connectivity index is 3.25. The van der Waals surface area contributed by atoms with Crippen LogP contribution >= 0.6 is 0 Å². The minimum atomic E-state index is -0.455. The lowest BCUT2D eigenvalue weighted by Crippen LogP contribution is -2.08. The van der Waals surface area contributed by atoms with Crippen LogP contribution in [0.5, 0.6) is 0 Å². The Kier molecular flexibility index (Phi) is 7.08. The van der Waals surface area contributed by atoms with Crippen molar-refractivity contribution in [3.63, 3.8) is 0 Å². The van der Waals surface area contributed by atoms with E-state index in [-0.39, 0.29) is 6.54 Å². The second-order valence-corrected chi connectivity index (χ2v) is 2.32. The first-order valence-electron chi connectivity index (χ1n) is 3.97. The molecule has 0 amide bonds. The van der Waals surface area contributed by atoms with E-state index in [0.29, 0.717) is 6.61 Å². The van der Waals surface area contributed by atoms with E-state index in [0.717, 1.165) is 19.3 Å². The SMILES string of the molecule is CCCCCOC(=O)CN=[N+]=[N-]. The molecule has 5 heteroatoms. The molecule has 0 aromatic carbocycles. The van der Waals surface area contributed by atoms with E-state index in [9.17, 15) is 4.79 Å². The number of ether oxygens (including phenoxy) is 1. The number of unbranched alkanes of at least 4 members (excludes halogenated alkanes) is 2. The smallest absolute Gasteiger partial charge is 0.311 e. The predicted molar refractivity (Wildman–Crippen MR) is 44.5 cm³/mol. The van der Waals surface area contributed by atoms with Gasteiger partial charge in [-0.2, -0.15) is 0 Å². The number of carbonyl (C=O) groups is 1. The van der Waals surface area contributed by atoms with E-state index in [4.69, 9.17) is 10.3 Å². The van der Waals surface area contributed by atoms with Gasteiger partial charge in [0.25, 0.3) is 0 Å². The molecule has 0 fully saturated rings. The zero-order valence-corrected chi connectivity index (χ0v) is 7.19. The van der Waals surface area contributed by atoms with Crippen molar-refractivity contribution in [1.29, 1.82) is 0 Å². The molecule has 12 heavy (non-hydrogen) atoms. The lowest BCUT2D eigenvalue weighted by Gasteiger charge is -2.00. The molecule has 0 aliphatic heterocycles. The van der Waals surface area contributed by atoms with Gasteiger partial charge in [-0.15, -0.1) is 0 Å². The van der Waals surface area contributed by atoms with Gasteiger partial charge in [0.2, 0.25) is 0 Å². The van der Waals surface area contributed by atoms with Gasteiger partial charge in [0.1, 0.15) is 6.54 Å². The molecule has 0 aromatic heterocycles. The van der Waals surface area contributed by atoms with Gasteiger partial charge >= 0.3 is 5.97 Å². The van der Waals surface area contributed by atoms with Gasteiger partial charge < -0.3 is 4.74 Å². The average Bonchev–Trinajstić information content (AvgIpc) is 2.09. The Hall–Kier alpha value is -1.22. The van der Waals surface area contributed by atoms with Crippen LogP contribution in [0, 0.1) is 0 Å². The van der Waals surface area contributed by atoms with Crippen LogP contribution in [0.15, 0.2) is 5.11 Å². The Bertz CT molecular complexity index is 175. The van der Waals surface area contributed by atoms with E-state index in [1.807, 2.05) is 0 Å². The highest BCUT2D eigenvalue weighted by Crippen LogP contribution is 1.94. The van der Waals surface area contributed by atoms with Crippen molar-refractivity contribution in [2.24, 2.45) is 5.11 Å². The minimum Gasteiger partial charge on any atom is -0.466 e. The molecule has 0 N–H and O–H groups in total. The predicted octanol–water partition coefficient (Wildman–Crippen LogP) is 2.03. The maximum Gasteiger partial charge on any atom is 0.311 e. The first-order valence-corrected chi connectivity index (χ1v) is 3.97. The van der Waals surface area contributed by atoms with E-state index < -0.39 is 5.97 Å². The standard InChI is InChI=1S/C7H13N3O2/c1-2-3-4-5-12-7(11)6-9-10-8/h2-6H2,1H3. The molecule has 0 radical (unpaired) electrons. The first-order chi connectivity index (χ1) is 5.81. The van der Waals surface area contributed by atoms with Gasteiger partial charge in [-0.25, -0.2) is 0 Å². The molecule has 5 nitrogen and oxygen atoms in total. The van der Waals surface area contributed by atoms with Crippen molar-refractivity contribution in [3.05, 3.63) is 10.4 Å². The summed E-state index contributed by atoms with van der Waals surface area (Å²) in [6.07, 6.45) is 3.02. The van der Waals surface area contributed by atoms with Gasteiger partial charge in [0.15, 0.2) is 0 Å². The van der Waals surface area contributed by atoms with Crippen LogP contribution in [0.4, 0.5) is 0 Å². The largest absolute Gasteiger partial charge is 0.466 e. The molecule has 0 saturated heterocycles. The quantitative estimate of drug-likeness (QED) is 0.201. The summed E-state index contributed by atoms with van der Waals surface area (Å²) >= 11 is 0. The van der Waals surface area contributed by atoms with Crippen molar-refractivity contribution in [1.82, 2.24) is 0 Å². The average molecular weight is 171 g/mol. The van der Waals surface area contributed by atoms with Gasteiger partial charge in [0.05, 0.1) is 6.61 Å². The molecule has 0 atom stereocenters. The van der Waals surface area contributed by atoms with Crippen molar-refractivity contribution in [3.8, 4) is 0 Å². The Morgan fingerprint density at radius 3 is 2.92 bits per heavy atom. The number of nitrogens with zero attached hydrogens (tertiary/aromatic N) is 3. The van der Waals surface area contributed by atoms with Gasteiger partial charge in [-0.1, -0.05) is 24.9 Å². The van der Waals surface area contributed by atoms with Crippen molar-refractivity contribution in [2.45, 2.75) is 26.2 Å². The number of azide groups is 1. The molecular formula is C7H13N3O2. The molecule has 0 spiro atoms. The molecule has 0 heterocycles. The monoisotopic (exact) mass is 171 g/mol. The lowest BCUT2D eigenvalue weighted by molar-refractivity contribution is -0.141. The van der Waals surface area contributed by atoms with Crippen molar-refractivity contribution >= 4 is 5.97 Å². The summed E-state index contributed by atoms with van der Waals surface area (Å²) in [4.78, 5) is 13.1. The topological polar surface area (TPSA) is 75.1 Å². The van der Waals surface area contributed by atoms with Crippen LogP contribution in [0.3, 0.4) is 0 Å². The Morgan fingerprint density at radius 1 is 1.58 bits per heavy atom. The fraction of sp³-hybridized carbons (Fsp3) is 0.857. The highest BCUT2D eigenvalue weighted by molar-refractivity contribution is 5.71. The van der Waals surface area contributed by atoms with Gasteiger partial charge in [-0.3, -0.25) is 4.79 Å². The van der Waals surface area contributed by atoms with Gasteiger partial charge in [0, 0.05) is 4.91 Å². The molecule has 0 aliphatic carbocycles. The maximum absolute atomic E-state index is 10.7. The molecule has 0 unspecified atom stereocenters. The summed E-state index contributed by atoms with van der Waals surface area (Å²) in [5.74, 6) is -0.455. The number of carbonyl (C=O) groups excluding carboxylic acids is 1. The van der Waals surface area contributed by atoms with Crippen LogP contribution in [0.1, 0.15) is 26.2 Å². The zero-order valence-electron chi connectivity index (χ0n) is 7.19. The maximum atomic E-state index is 10.7. The van der Waals surface area contributed by atoms with Crippen LogP contribution in [0.25, 0.3) is 10.4 Å².